The molecule has 1 nitrogen and oxygen atoms in total. The zero-order valence-corrected chi connectivity index (χ0v) is 9.09. The molecule has 0 amide bonds. The summed E-state index contributed by atoms with van der Waals surface area (Å²) in [6.07, 6.45) is 3.67. The first-order valence-corrected chi connectivity index (χ1v) is 5.49. The minimum Gasteiger partial charge on any atom is -0.321 e. The average molecular weight is 189 g/mol. The second-order valence-electron chi connectivity index (χ2n) is 4.70. The Kier molecular flexibility index (Phi) is 2.36. The van der Waals surface area contributed by atoms with Crippen LogP contribution in [0.4, 0.5) is 0 Å². The van der Waals surface area contributed by atoms with Crippen molar-refractivity contribution >= 4 is 0 Å². The second kappa shape index (κ2) is 3.39. The number of benzene rings is 1. The Morgan fingerprint density at radius 3 is 2.79 bits per heavy atom. The molecule has 0 radical (unpaired) electrons. The zero-order chi connectivity index (χ0) is 10.2. The van der Waals surface area contributed by atoms with Gasteiger partial charge in [-0.05, 0) is 31.2 Å². The van der Waals surface area contributed by atoms with Gasteiger partial charge in [0.1, 0.15) is 0 Å². The van der Waals surface area contributed by atoms with E-state index in [2.05, 4.69) is 38.1 Å². The average Bonchev–Trinajstić information content (AvgIpc) is 2.49. The van der Waals surface area contributed by atoms with Gasteiger partial charge in [-0.1, -0.05) is 43.2 Å². The van der Waals surface area contributed by atoms with Crippen LogP contribution in [0.5, 0.6) is 0 Å². The summed E-state index contributed by atoms with van der Waals surface area (Å²) in [6.45, 7) is 4.40. The lowest BCUT2D eigenvalue weighted by Crippen LogP contribution is -2.39. The summed E-state index contributed by atoms with van der Waals surface area (Å²) >= 11 is 0. The quantitative estimate of drug-likeness (QED) is 0.722. The first kappa shape index (κ1) is 9.72. The van der Waals surface area contributed by atoms with Crippen molar-refractivity contribution in [2.45, 2.75) is 38.6 Å². The van der Waals surface area contributed by atoms with Gasteiger partial charge in [0.15, 0.2) is 0 Å². The molecule has 0 bridgehead atoms. The summed E-state index contributed by atoms with van der Waals surface area (Å²) in [6, 6.07) is 8.66. The van der Waals surface area contributed by atoms with E-state index >= 15 is 0 Å². The number of hydrogen-bond donors (Lipinski definition) is 1. The van der Waals surface area contributed by atoms with Crippen LogP contribution in [-0.2, 0) is 5.54 Å². The Morgan fingerprint density at radius 1 is 1.43 bits per heavy atom. The Morgan fingerprint density at radius 2 is 2.21 bits per heavy atom. The molecule has 0 heterocycles. The smallest absolute Gasteiger partial charge is 0.0435 e. The maximum atomic E-state index is 6.49. The van der Waals surface area contributed by atoms with Gasteiger partial charge in [0.25, 0.3) is 0 Å². The van der Waals surface area contributed by atoms with Crippen molar-refractivity contribution < 1.29 is 0 Å². The molecule has 1 aliphatic carbocycles. The highest BCUT2D eigenvalue weighted by Gasteiger charge is 2.37. The van der Waals surface area contributed by atoms with E-state index in [0.717, 1.165) is 6.42 Å². The number of hydrogen-bond acceptors (Lipinski definition) is 1. The van der Waals surface area contributed by atoms with Crippen LogP contribution in [0.1, 0.15) is 37.3 Å². The normalized spacial score (nSPS) is 32.1. The molecule has 1 fully saturated rings. The van der Waals surface area contributed by atoms with Gasteiger partial charge in [0.05, 0.1) is 0 Å². The van der Waals surface area contributed by atoms with Crippen molar-refractivity contribution in [3.8, 4) is 0 Å². The van der Waals surface area contributed by atoms with E-state index < -0.39 is 0 Å². The molecule has 0 aliphatic heterocycles. The highest BCUT2D eigenvalue weighted by atomic mass is 14.8. The monoisotopic (exact) mass is 189 g/mol. The van der Waals surface area contributed by atoms with Gasteiger partial charge in [0, 0.05) is 5.54 Å². The van der Waals surface area contributed by atoms with Crippen molar-refractivity contribution in [2.75, 3.05) is 0 Å². The highest BCUT2D eigenvalue weighted by molar-refractivity contribution is 5.30. The second-order valence-corrected chi connectivity index (χ2v) is 4.70. The number of rotatable bonds is 1. The van der Waals surface area contributed by atoms with Crippen LogP contribution in [0.15, 0.2) is 24.3 Å². The molecule has 2 atom stereocenters. The number of nitrogens with two attached hydrogens (primary N) is 1. The largest absolute Gasteiger partial charge is 0.321 e. The lowest BCUT2D eigenvalue weighted by Gasteiger charge is -2.30. The summed E-state index contributed by atoms with van der Waals surface area (Å²) in [5.74, 6) is 0.615. The molecule has 1 aromatic carbocycles. The lowest BCUT2D eigenvalue weighted by molar-refractivity contribution is 0.349. The van der Waals surface area contributed by atoms with Crippen LogP contribution in [-0.4, -0.2) is 0 Å². The van der Waals surface area contributed by atoms with E-state index in [0.29, 0.717) is 5.92 Å². The van der Waals surface area contributed by atoms with E-state index in [1.165, 1.54) is 24.0 Å². The van der Waals surface area contributed by atoms with Crippen molar-refractivity contribution in [3.05, 3.63) is 35.4 Å². The van der Waals surface area contributed by atoms with Crippen LogP contribution in [0.2, 0.25) is 0 Å². The molecule has 2 N–H and O–H groups in total. The van der Waals surface area contributed by atoms with Gasteiger partial charge in [-0.2, -0.15) is 0 Å². The third-order valence-electron chi connectivity index (χ3n) is 3.66. The molecular weight excluding hydrogens is 170 g/mol. The SMILES string of the molecule is Cc1cccc(C2(N)CCCC2C)c1. The minimum absolute atomic E-state index is 0.0635. The predicted octanol–water partition coefficient (Wildman–Crippen LogP) is 2.97. The molecule has 1 saturated carbocycles. The fourth-order valence-electron chi connectivity index (χ4n) is 2.57. The van der Waals surface area contributed by atoms with Gasteiger partial charge in [0.2, 0.25) is 0 Å². The summed E-state index contributed by atoms with van der Waals surface area (Å²) in [7, 11) is 0. The van der Waals surface area contributed by atoms with E-state index in [-0.39, 0.29) is 5.54 Å². The third-order valence-corrected chi connectivity index (χ3v) is 3.66. The van der Waals surface area contributed by atoms with Gasteiger partial charge in [-0.25, -0.2) is 0 Å². The third kappa shape index (κ3) is 1.46. The van der Waals surface area contributed by atoms with Gasteiger partial charge >= 0.3 is 0 Å². The molecule has 0 saturated heterocycles. The van der Waals surface area contributed by atoms with Crippen molar-refractivity contribution in [1.29, 1.82) is 0 Å². The summed E-state index contributed by atoms with van der Waals surface area (Å²) < 4.78 is 0. The van der Waals surface area contributed by atoms with Crippen LogP contribution >= 0.6 is 0 Å². The molecular formula is C13H19N. The molecule has 1 aliphatic rings. The van der Waals surface area contributed by atoms with Crippen LogP contribution in [0, 0.1) is 12.8 Å². The van der Waals surface area contributed by atoms with E-state index in [1.807, 2.05) is 0 Å². The molecule has 1 heteroatoms. The van der Waals surface area contributed by atoms with Gasteiger partial charge in [-0.15, -0.1) is 0 Å². The molecule has 2 unspecified atom stereocenters. The van der Waals surface area contributed by atoms with E-state index in [1.54, 1.807) is 0 Å². The van der Waals surface area contributed by atoms with E-state index in [9.17, 15) is 0 Å². The molecule has 2 rings (SSSR count). The van der Waals surface area contributed by atoms with Crippen LogP contribution in [0.25, 0.3) is 0 Å². The Hall–Kier alpha value is -0.820. The minimum atomic E-state index is -0.0635. The summed E-state index contributed by atoms with van der Waals surface area (Å²) in [4.78, 5) is 0. The Balaban J connectivity index is 2.38. The van der Waals surface area contributed by atoms with Gasteiger partial charge in [-0.3, -0.25) is 0 Å². The van der Waals surface area contributed by atoms with Crippen LogP contribution < -0.4 is 5.73 Å². The fraction of sp³-hybridized carbons (Fsp3) is 0.538. The maximum absolute atomic E-state index is 6.49. The van der Waals surface area contributed by atoms with Crippen molar-refractivity contribution in [1.82, 2.24) is 0 Å². The van der Waals surface area contributed by atoms with E-state index in [4.69, 9.17) is 5.73 Å². The maximum Gasteiger partial charge on any atom is 0.0435 e. The highest BCUT2D eigenvalue weighted by Crippen LogP contribution is 2.41. The Bertz CT molecular complexity index is 332. The first-order valence-electron chi connectivity index (χ1n) is 5.49. The molecule has 14 heavy (non-hydrogen) atoms. The van der Waals surface area contributed by atoms with Crippen molar-refractivity contribution in [2.24, 2.45) is 11.7 Å². The summed E-state index contributed by atoms with van der Waals surface area (Å²) in [5, 5.41) is 0. The number of aryl methyl sites for hydroxylation is 1. The fourth-order valence-corrected chi connectivity index (χ4v) is 2.57. The molecule has 0 spiro atoms. The topological polar surface area (TPSA) is 26.0 Å². The molecule has 1 aromatic rings. The summed E-state index contributed by atoms with van der Waals surface area (Å²) in [5.41, 5.74) is 9.06. The zero-order valence-electron chi connectivity index (χ0n) is 9.09. The van der Waals surface area contributed by atoms with Crippen molar-refractivity contribution in [3.63, 3.8) is 0 Å². The standard InChI is InChI=1S/C13H19N/c1-10-5-3-7-12(9-10)13(14)8-4-6-11(13)2/h3,5,7,9,11H,4,6,8,14H2,1-2H3. The predicted molar refractivity (Wildman–Crippen MR) is 60.1 cm³/mol. The molecule has 0 aromatic heterocycles. The lowest BCUT2D eigenvalue weighted by atomic mass is 9.82. The van der Waals surface area contributed by atoms with Gasteiger partial charge < -0.3 is 5.73 Å². The van der Waals surface area contributed by atoms with Crippen LogP contribution in [0.3, 0.4) is 0 Å². The first-order chi connectivity index (χ1) is 6.63. The Labute approximate surface area is 86.3 Å². The molecule has 76 valence electrons.